The summed E-state index contributed by atoms with van der Waals surface area (Å²) in [5.41, 5.74) is 3.48. The van der Waals surface area contributed by atoms with Gasteiger partial charge in [-0.25, -0.2) is 0 Å². The zero-order valence-electron chi connectivity index (χ0n) is 6.30. The van der Waals surface area contributed by atoms with E-state index in [4.69, 9.17) is 0 Å². The Hall–Kier alpha value is -0.823. The quantitative estimate of drug-likeness (QED) is 0.547. The second-order valence-corrected chi connectivity index (χ2v) is 4.17. The maximum absolute atomic E-state index is 3.76. The van der Waals surface area contributed by atoms with Crippen LogP contribution in [0.5, 0.6) is 0 Å². The molecule has 0 aromatic heterocycles. The second-order valence-electron chi connectivity index (χ2n) is 2.42. The molecule has 0 fully saturated rings. The largest absolute Gasteiger partial charge is 0.107 e. The summed E-state index contributed by atoms with van der Waals surface area (Å²) >= 11 is 0. The summed E-state index contributed by atoms with van der Waals surface area (Å²) < 4.78 is 0. The molecule has 0 radical (unpaired) electrons. The molecule has 1 aromatic carbocycles. The molecule has 0 saturated heterocycles. The highest BCUT2D eigenvalue weighted by Crippen LogP contribution is 1.91. The molecule has 0 N–H and O–H groups in total. The Balaban J connectivity index is 2.91. The third-order valence-electron chi connectivity index (χ3n) is 1.63. The molecule has 0 bridgehead atoms. The molecule has 1 rings (SSSR count). The molecule has 0 aliphatic heterocycles. The van der Waals surface area contributed by atoms with Gasteiger partial charge < -0.3 is 0 Å². The van der Waals surface area contributed by atoms with Crippen molar-refractivity contribution in [1.29, 1.82) is 0 Å². The van der Waals surface area contributed by atoms with E-state index in [0.717, 1.165) is 0 Å². The van der Waals surface area contributed by atoms with Crippen molar-refractivity contribution in [2.75, 3.05) is 0 Å². The molecular formula is C9H12Si. The minimum Gasteiger partial charge on any atom is -0.107 e. The van der Waals surface area contributed by atoms with E-state index < -0.39 is 0 Å². The van der Waals surface area contributed by atoms with Crippen LogP contribution in [0.4, 0.5) is 0 Å². The molecule has 1 heteroatoms. The first kappa shape index (κ1) is 7.29. The number of rotatable bonds is 2. The minimum atomic E-state index is -0.166. The third-order valence-corrected chi connectivity index (χ3v) is 3.15. The van der Waals surface area contributed by atoms with Gasteiger partial charge in [-0.05, 0) is 6.92 Å². The molecule has 0 saturated carbocycles. The highest BCUT2D eigenvalue weighted by Gasteiger charge is 1.91. The zero-order valence-corrected chi connectivity index (χ0v) is 7.72. The Kier molecular flexibility index (Phi) is 2.46. The first-order valence-corrected chi connectivity index (χ1v) is 5.02. The summed E-state index contributed by atoms with van der Waals surface area (Å²) in [5.74, 6) is 0. The van der Waals surface area contributed by atoms with Crippen LogP contribution < -0.4 is 5.19 Å². The maximum Gasteiger partial charge on any atom is 0.0779 e. The Bertz CT molecular complexity index is 228. The van der Waals surface area contributed by atoms with E-state index in [0.29, 0.717) is 0 Å². The predicted molar refractivity (Wildman–Crippen MR) is 49.6 cm³/mol. The van der Waals surface area contributed by atoms with Crippen LogP contribution in [0.15, 0.2) is 36.5 Å². The van der Waals surface area contributed by atoms with Crippen molar-refractivity contribution >= 4 is 14.7 Å². The summed E-state index contributed by atoms with van der Waals surface area (Å²) in [6.07, 6.45) is 0. The molecule has 0 atom stereocenters. The van der Waals surface area contributed by atoms with Crippen molar-refractivity contribution in [2.45, 2.75) is 6.92 Å². The summed E-state index contributed by atoms with van der Waals surface area (Å²) in [7, 11) is -0.166. The first-order chi connectivity index (χ1) is 4.84. The van der Waals surface area contributed by atoms with Crippen molar-refractivity contribution in [3.8, 4) is 0 Å². The summed E-state index contributed by atoms with van der Waals surface area (Å²) in [6, 6.07) is 8.53. The fraction of sp³-hybridized carbons (Fsp3) is 0.111. The van der Waals surface area contributed by atoms with Crippen molar-refractivity contribution < 1.29 is 0 Å². The number of hydrogen-bond donors (Lipinski definition) is 0. The van der Waals surface area contributed by atoms with Gasteiger partial charge in [-0.15, -0.1) is 12.3 Å². The van der Waals surface area contributed by atoms with E-state index in [-0.39, 0.29) is 9.52 Å². The molecular weight excluding hydrogens is 136 g/mol. The topological polar surface area (TPSA) is 0 Å². The maximum atomic E-state index is 3.76. The SMILES string of the molecule is C=C[SiH2]c1ccccc1C. The van der Waals surface area contributed by atoms with Gasteiger partial charge in [0.15, 0.2) is 0 Å². The molecule has 0 aliphatic rings. The lowest BCUT2D eigenvalue weighted by Crippen LogP contribution is -2.14. The van der Waals surface area contributed by atoms with Crippen LogP contribution in [0, 0.1) is 6.92 Å². The fourth-order valence-electron chi connectivity index (χ4n) is 0.995. The summed E-state index contributed by atoms with van der Waals surface area (Å²) in [5, 5.41) is 1.51. The summed E-state index contributed by atoms with van der Waals surface area (Å²) in [4.78, 5) is 0. The van der Waals surface area contributed by atoms with Gasteiger partial charge in [0.1, 0.15) is 0 Å². The van der Waals surface area contributed by atoms with Gasteiger partial charge in [0.05, 0.1) is 9.52 Å². The van der Waals surface area contributed by atoms with Crippen LogP contribution in [0.3, 0.4) is 0 Å². The molecule has 0 unspecified atom stereocenters. The van der Waals surface area contributed by atoms with Crippen molar-refractivity contribution in [1.82, 2.24) is 0 Å². The average Bonchev–Trinajstić information content (AvgIpc) is 1.94. The Morgan fingerprint density at radius 1 is 1.40 bits per heavy atom. The number of benzene rings is 1. The van der Waals surface area contributed by atoms with Crippen LogP contribution >= 0.6 is 0 Å². The second kappa shape index (κ2) is 3.37. The average molecular weight is 148 g/mol. The Morgan fingerprint density at radius 3 is 2.70 bits per heavy atom. The van der Waals surface area contributed by atoms with Crippen molar-refractivity contribution in [3.05, 3.63) is 42.1 Å². The normalized spacial score (nSPS) is 10.5. The van der Waals surface area contributed by atoms with E-state index in [9.17, 15) is 0 Å². The lowest BCUT2D eigenvalue weighted by molar-refractivity contribution is 1.52. The van der Waals surface area contributed by atoms with Gasteiger partial charge >= 0.3 is 0 Å². The third kappa shape index (κ3) is 1.58. The standard InChI is InChI=1S/C9H12Si/c1-3-10-9-7-5-4-6-8(9)2/h3-7H,1,10H2,2H3. The molecule has 0 spiro atoms. The van der Waals surface area contributed by atoms with Gasteiger partial charge in [0.2, 0.25) is 0 Å². The predicted octanol–water partition coefficient (Wildman–Crippen LogP) is 0.933. The van der Waals surface area contributed by atoms with Gasteiger partial charge in [0.25, 0.3) is 0 Å². The molecule has 52 valence electrons. The first-order valence-electron chi connectivity index (χ1n) is 3.50. The van der Waals surface area contributed by atoms with Crippen molar-refractivity contribution in [3.63, 3.8) is 0 Å². The van der Waals surface area contributed by atoms with Crippen LogP contribution in [-0.4, -0.2) is 9.52 Å². The molecule has 0 nitrogen and oxygen atoms in total. The molecule has 1 aromatic rings. The Labute approximate surface area is 64.4 Å². The van der Waals surface area contributed by atoms with E-state index in [2.05, 4.69) is 43.5 Å². The van der Waals surface area contributed by atoms with Crippen LogP contribution in [0.25, 0.3) is 0 Å². The minimum absolute atomic E-state index is 0.166. The summed E-state index contributed by atoms with van der Waals surface area (Å²) in [6.45, 7) is 5.92. The molecule has 0 amide bonds. The van der Waals surface area contributed by atoms with Crippen LogP contribution in [0.2, 0.25) is 0 Å². The van der Waals surface area contributed by atoms with E-state index in [1.165, 1.54) is 10.8 Å². The number of aryl methyl sites for hydroxylation is 1. The zero-order chi connectivity index (χ0) is 7.40. The monoisotopic (exact) mass is 148 g/mol. The molecule has 0 heterocycles. The van der Waals surface area contributed by atoms with Gasteiger partial charge in [-0.3, -0.25) is 0 Å². The highest BCUT2D eigenvalue weighted by atomic mass is 28.2. The van der Waals surface area contributed by atoms with Gasteiger partial charge in [-0.2, -0.15) is 0 Å². The van der Waals surface area contributed by atoms with Crippen molar-refractivity contribution in [2.24, 2.45) is 0 Å². The van der Waals surface area contributed by atoms with E-state index >= 15 is 0 Å². The Morgan fingerprint density at radius 2 is 2.10 bits per heavy atom. The van der Waals surface area contributed by atoms with E-state index in [1.807, 2.05) is 0 Å². The molecule has 10 heavy (non-hydrogen) atoms. The van der Waals surface area contributed by atoms with Crippen LogP contribution in [-0.2, 0) is 0 Å². The van der Waals surface area contributed by atoms with E-state index in [1.54, 1.807) is 0 Å². The fourth-order valence-corrected chi connectivity index (χ4v) is 2.02. The molecule has 0 aliphatic carbocycles. The lowest BCUT2D eigenvalue weighted by Gasteiger charge is -1.98. The lowest BCUT2D eigenvalue weighted by atomic mass is 10.2. The number of hydrogen-bond acceptors (Lipinski definition) is 0. The van der Waals surface area contributed by atoms with Gasteiger partial charge in [0, 0.05) is 0 Å². The smallest absolute Gasteiger partial charge is 0.0779 e. The van der Waals surface area contributed by atoms with Gasteiger partial charge in [-0.1, -0.05) is 35.0 Å². The van der Waals surface area contributed by atoms with Crippen LogP contribution in [0.1, 0.15) is 5.56 Å². The highest BCUT2D eigenvalue weighted by molar-refractivity contribution is 6.58.